The Labute approximate surface area is 151 Å². The summed E-state index contributed by atoms with van der Waals surface area (Å²) in [5.41, 5.74) is 1.06. The number of nitrogens with one attached hydrogen (secondary N) is 1. The van der Waals surface area contributed by atoms with Gasteiger partial charge in [-0.25, -0.2) is 0 Å². The van der Waals surface area contributed by atoms with E-state index in [2.05, 4.69) is 42.9 Å². The topological polar surface area (TPSA) is 48.5 Å². The molecule has 0 unspecified atom stereocenters. The minimum absolute atomic E-state index is 0.134. The molecule has 2 aliphatic rings. The molecule has 2 fully saturated rings. The van der Waals surface area contributed by atoms with E-state index in [0.29, 0.717) is 6.04 Å². The van der Waals surface area contributed by atoms with Gasteiger partial charge in [0.2, 0.25) is 0 Å². The molecule has 0 saturated carbocycles. The number of rotatable bonds is 2. The Kier molecular flexibility index (Phi) is 5.16. The van der Waals surface area contributed by atoms with Crippen LogP contribution in [0.3, 0.4) is 0 Å². The highest BCUT2D eigenvalue weighted by atomic mass is 16.2. The highest BCUT2D eigenvalue weighted by Gasteiger charge is 2.40. The number of aromatic nitrogens is 1. The molecule has 1 aromatic rings. The van der Waals surface area contributed by atoms with Gasteiger partial charge in [-0.3, -0.25) is 14.7 Å². The minimum atomic E-state index is 0.134. The molecule has 3 heterocycles. The molecule has 3 rings (SSSR count). The maximum atomic E-state index is 12.7. The van der Waals surface area contributed by atoms with E-state index in [-0.39, 0.29) is 17.0 Å². The number of carbonyl (C=O) groups is 1. The van der Waals surface area contributed by atoms with E-state index < -0.39 is 0 Å². The third-order valence-corrected chi connectivity index (χ3v) is 5.43. The molecular formula is C20H32N4O. The van der Waals surface area contributed by atoms with Gasteiger partial charge < -0.3 is 10.2 Å². The SMILES string of the molecule is CC1(C)CC(N2CCCN(C(=O)c3ccncc3)CC2)CC(C)(C)N1. The molecule has 138 valence electrons. The standard InChI is InChI=1S/C20H32N4O/c1-19(2)14-17(15-20(3,4)22-19)23-10-5-11-24(13-12-23)18(25)16-6-8-21-9-7-16/h6-9,17,22H,5,10-15H2,1-4H3. The second-order valence-corrected chi connectivity index (χ2v) is 8.87. The molecule has 1 N–H and O–H groups in total. The molecule has 0 aliphatic carbocycles. The maximum Gasteiger partial charge on any atom is 0.254 e. The zero-order valence-corrected chi connectivity index (χ0v) is 16.1. The summed E-state index contributed by atoms with van der Waals surface area (Å²) >= 11 is 0. The Morgan fingerprint density at radius 1 is 1.04 bits per heavy atom. The van der Waals surface area contributed by atoms with Crippen molar-refractivity contribution in [3.8, 4) is 0 Å². The van der Waals surface area contributed by atoms with Gasteiger partial charge in [0.1, 0.15) is 0 Å². The Morgan fingerprint density at radius 3 is 2.32 bits per heavy atom. The number of carbonyl (C=O) groups excluding carboxylic acids is 1. The first-order chi connectivity index (χ1) is 11.8. The van der Waals surface area contributed by atoms with Crippen molar-refractivity contribution in [1.29, 1.82) is 0 Å². The summed E-state index contributed by atoms with van der Waals surface area (Å²) in [4.78, 5) is 21.3. The Morgan fingerprint density at radius 2 is 1.68 bits per heavy atom. The van der Waals surface area contributed by atoms with Crippen LogP contribution in [-0.2, 0) is 0 Å². The van der Waals surface area contributed by atoms with Crippen molar-refractivity contribution in [2.24, 2.45) is 0 Å². The van der Waals surface area contributed by atoms with Crippen LogP contribution in [0.2, 0.25) is 0 Å². The molecule has 0 aromatic carbocycles. The first kappa shape index (κ1) is 18.3. The average molecular weight is 345 g/mol. The summed E-state index contributed by atoms with van der Waals surface area (Å²) in [6.45, 7) is 12.9. The Balaban J connectivity index is 1.64. The number of nitrogens with zero attached hydrogens (tertiary/aromatic N) is 3. The molecule has 0 bridgehead atoms. The second kappa shape index (κ2) is 7.04. The normalized spacial score (nSPS) is 24.7. The van der Waals surface area contributed by atoms with Gasteiger partial charge in [0, 0.05) is 61.3 Å². The minimum Gasteiger partial charge on any atom is -0.337 e. The molecule has 0 radical (unpaired) electrons. The van der Waals surface area contributed by atoms with Crippen molar-refractivity contribution in [3.05, 3.63) is 30.1 Å². The fourth-order valence-electron chi connectivity index (χ4n) is 4.71. The molecule has 2 aliphatic heterocycles. The third-order valence-electron chi connectivity index (χ3n) is 5.43. The van der Waals surface area contributed by atoms with Crippen molar-refractivity contribution in [2.45, 2.75) is 64.1 Å². The van der Waals surface area contributed by atoms with Crippen LogP contribution in [0.25, 0.3) is 0 Å². The van der Waals surface area contributed by atoms with Crippen molar-refractivity contribution in [3.63, 3.8) is 0 Å². The number of amides is 1. The summed E-state index contributed by atoms with van der Waals surface area (Å²) in [6.07, 6.45) is 6.75. The molecular weight excluding hydrogens is 312 g/mol. The third kappa shape index (κ3) is 4.59. The highest BCUT2D eigenvalue weighted by molar-refractivity contribution is 5.94. The van der Waals surface area contributed by atoms with E-state index in [0.717, 1.165) is 51.0 Å². The van der Waals surface area contributed by atoms with Crippen LogP contribution in [-0.4, -0.2) is 64.0 Å². The van der Waals surface area contributed by atoms with Gasteiger partial charge in [-0.1, -0.05) is 0 Å². The van der Waals surface area contributed by atoms with Crippen molar-refractivity contribution >= 4 is 5.91 Å². The van der Waals surface area contributed by atoms with Gasteiger partial charge in [0.15, 0.2) is 0 Å². The zero-order chi connectivity index (χ0) is 18.1. The monoisotopic (exact) mass is 344 g/mol. The summed E-state index contributed by atoms with van der Waals surface area (Å²) in [7, 11) is 0. The molecule has 25 heavy (non-hydrogen) atoms. The lowest BCUT2D eigenvalue weighted by molar-refractivity contribution is 0.0642. The van der Waals surface area contributed by atoms with Crippen LogP contribution < -0.4 is 5.32 Å². The van der Waals surface area contributed by atoms with Gasteiger partial charge >= 0.3 is 0 Å². The first-order valence-corrected chi connectivity index (χ1v) is 9.48. The highest BCUT2D eigenvalue weighted by Crippen LogP contribution is 2.32. The molecule has 1 aromatic heterocycles. The lowest BCUT2D eigenvalue weighted by Crippen LogP contribution is -2.62. The van der Waals surface area contributed by atoms with Crippen molar-refractivity contribution in [1.82, 2.24) is 20.1 Å². The number of piperidine rings is 1. The first-order valence-electron chi connectivity index (χ1n) is 9.48. The van der Waals surface area contributed by atoms with Gasteiger partial charge in [-0.05, 0) is 59.1 Å². The molecule has 1 amide bonds. The summed E-state index contributed by atoms with van der Waals surface area (Å²) < 4.78 is 0. The molecule has 2 saturated heterocycles. The number of hydrogen-bond donors (Lipinski definition) is 1. The summed E-state index contributed by atoms with van der Waals surface area (Å²) in [5, 5.41) is 3.77. The predicted molar refractivity (Wildman–Crippen MR) is 101 cm³/mol. The average Bonchev–Trinajstić information content (AvgIpc) is 2.78. The molecule has 0 spiro atoms. The lowest BCUT2D eigenvalue weighted by atomic mass is 9.79. The quantitative estimate of drug-likeness (QED) is 0.896. The maximum absolute atomic E-state index is 12.7. The molecule has 5 nitrogen and oxygen atoms in total. The van der Waals surface area contributed by atoms with E-state index in [4.69, 9.17) is 0 Å². The lowest BCUT2D eigenvalue weighted by Gasteiger charge is -2.49. The van der Waals surface area contributed by atoms with Gasteiger partial charge in [0.25, 0.3) is 5.91 Å². The number of pyridine rings is 1. The van der Waals surface area contributed by atoms with Gasteiger partial charge in [0.05, 0.1) is 0 Å². The van der Waals surface area contributed by atoms with Crippen LogP contribution in [0.4, 0.5) is 0 Å². The van der Waals surface area contributed by atoms with E-state index in [1.807, 2.05) is 17.0 Å². The second-order valence-electron chi connectivity index (χ2n) is 8.87. The van der Waals surface area contributed by atoms with Crippen LogP contribution in [0.15, 0.2) is 24.5 Å². The molecule has 5 heteroatoms. The van der Waals surface area contributed by atoms with Gasteiger partial charge in [-0.15, -0.1) is 0 Å². The smallest absolute Gasteiger partial charge is 0.254 e. The van der Waals surface area contributed by atoms with Crippen molar-refractivity contribution in [2.75, 3.05) is 26.2 Å². The van der Waals surface area contributed by atoms with Crippen LogP contribution in [0, 0.1) is 0 Å². The Hall–Kier alpha value is -1.46. The predicted octanol–water partition coefficient (Wildman–Crippen LogP) is 2.54. The zero-order valence-electron chi connectivity index (χ0n) is 16.1. The fourth-order valence-corrected chi connectivity index (χ4v) is 4.71. The molecule has 0 atom stereocenters. The summed E-state index contributed by atoms with van der Waals surface area (Å²) in [5.74, 6) is 0.134. The van der Waals surface area contributed by atoms with Crippen molar-refractivity contribution < 1.29 is 4.79 Å². The van der Waals surface area contributed by atoms with Gasteiger partial charge in [-0.2, -0.15) is 0 Å². The largest absolute Gasteiger partial charge is 0.337 e. The number of hydrogen-bond acceptors (Lipinski definition) is 4. The van der Waals surface area contributed by atoms with E-state index in [1.54, 1.807) is 12.4 Å². The fraction of sp³-hybridized carbons (Fsp3) is 0.700. The Bertz CT molecular complexity index is 583. The van der Waals surface area contributed by atoms with E-state index >= 15 is 0 Å². The van der Waals surface area contributed by atoms with E-state index in [9.17, 15) is 4.79 Å². The van der Waals surface area contributed by atoms with Crippen LogP contribution >= 0.6 is 0 Å². The van der Waals surface area contributed by atoms with E-state index in [1.165, 1.54) is 0 Å². The van der Waals surface area contributed by atoms with Crippen LogP contribution in [0.5, 0.6) is 0 Å². The summed E-state index contributed by atoms with van der Waals surface area (Å²) in [6, 6.07) is 4.20. The van der Waals surface area contributed by atoms with Crippen LogP contribution in [0.1, 0.15) is 57.3 Å².